The highest BCUT2D eigenvalue weighted by Crippen LogP contribution is 2.23. The minimum absolute atomic E-state index is 0.0286. The minimum Gasteiger partial charge on any atom is -0.347 e. The second-order valence-electron chi connectivity index (χ2n) is 3.76. The lowest BCUT2D eigenvalue weighted by Gasteiger charge is -2.04. The van der Waals surface area contributed by atoms with Crippen molar-refractivity contribution in [3.05, 3.63) is 33.1 Å². The van der Waals surface area contributed by atoms with E-state index in [2.05, 4.69) is 10.3 Å². The summed E-state index contributed by atoms with van der Waals surface area (Å²) < 4.78 is 0. The van der Waals surface area contributed by atoms with Gasteiger partial charge >= 0.3 is 0 Å². The third-order valence-electron chi connectivity index (χ3n) is 2.45. The molecule has 1 aliphatic rings. The van der Waals surface area contributed by atoms with E-state index in [9.17, 15) is 14.9 Å². The number of hydrogen-bond donors (Lipinski definition) is 2. The average molecular weight is 257 g/mol. The number of rotatable bonds is 3. The highest BCUT2D eigenvalue weighted by molar-refractivity contribution is 6.29. The number of pyridine rings is 1. The van der Waals surface area contributed by atoms with Gasteiger partial charge in [-0.15, -0.1) is 0 Å². The number of carbonyl (C=O) groups excluding carboxylic acids is 1. The second-order valence-corrected chi connectivity index (χ2v) is 4.15. The van der Waals surface area contributed by atoms with Gasteiger partial charge in [-0.05, 0) is 12.5 Å². The summed E-state index contributed by atoms with van der Waals surface area (Å²) >= 11 is 5.61. The number of amides is 1. The molecule has 0 aliphatic heterocycles. The summed E-state index contributed by atoms with van der Waals surface area (Å²) in [5.74, 6) is -0.557. The number of nitro groups is 1. The molecule has 0 saturated heterocycles. The van der Waals surface area contributed by atoms with Gasteiger partial charge in [0.05, 0.1) is 4.92 Å². The van der Waals surface area contributed by atoms with E-state index in [1.165, 1.54) is 6.07 Å². The van der Waals surface area contributed by atoms with E-state index in [1.54, 1.807) is 0 Å². The van der Waals surface area contributed by atoms with Gasteiger partial charge in [0.15, 0.2) is 0 Å². The summed E-state index contributed by atoms with van der Waals surface area (Å²) in [7, 11) is 0. The fourth-order valence-corrected chi connectivity index (χ4v) is 1.53. The maximum absolute atomic E-state index is 11.8. The van der Waals surface area contributed by atoms with Gasteiger partial charge in [-0.2, -0.15) is 0 Å². The van der Waals surface area contributed by atoms with E-state index in [0.29, 0.717) is 6.42 Å². The Hall–Kier alpha value is -1.73. The first-order valence-electron chi connectivity index (χ1n) is 4.85. The largest absolute Gasteiger partial charge is 0.347 e. The number of nitrogens with one attached hydrogen (secondary N) is 1. The SMILES string of the molecule is NC1CC1NC(=O)c1cc(Cl)ncc1[N+](=O)[O-]. The van der Waals surface area contributed by atoms with Crippen LogP contribution in [0.15, 0.2) is 12.3 Å². The van der Waals surface area contributed by atoms with Gasteiger partial charge in [-0.3, -0.25) is 14.9 Å². The second kappa shape index (κ2) is 4.27. The Bertz CT molecular complexity index is 493. The number of hydrogen-bond acceptors (Lipinski definition) is 5. The van der Waals surface area contributed by atoms with Gasteiger partial charge in [-0.1, -0.05) is 11.6 Å². The van der Waals surface area contributed by atoms with Gasteiger partial charge in [0.1, 0.15) is 16.9 Å². The van der Waals surface area contributed by atoms with Crippen molar-refractivity contribution < 1.29 is 9.72 Å². The fourth-order valence-electron chi connectivity index (χ4n) is 1.38. The first-order chi connectivity index (χ1) is 7.99. The number of nitrogens with zero attached hydrogens (tertiary/aromatic N) is 2. The molecular weight excluding hydrogens is 248 g/mol. The van der Waals surface area contributed by atoms with Gasteiger partial charge in [-0.25, -0.2) is 4.98 Å². The fraction of sp³-hybridized carbons (Fsp3) is 0.333. The molecule has 1 aromatic heterocycles. The number of carbonyl (C=O) groups is 1. The quantitative estimate of drug-likeness (QED) is 0.464. The lowest BCUT2D eigenvalue weighted by molar-refractivity contribution is -0.385. The monoisotopic (exact) mass is 256 g/mol. The smallest absolute Gasteiger partial charge is 0.300 e. The number of nitrogens with two attached hydrogens (primary N) is 1. The van der Waals surface area contributed by atoms with E-state index in [0.717, 1.165) is 6.20 Å². The molecule has 1 aliphatic carbocycles. The molecular formula is C9H9ClN4O3. The molecule has 90 valence electrons. The summed E-state index contributed by atoms with van der Waals surface area (Å²) in [6.07, 6.45) is 1.64. The van der Waals surface area contributed by atoms with Crippen LogP contribution < -0.4 is 11.1 Å². The van der Waals surface area contributed by atoms with Crippen LogP contribution in [0.1, 0.15) is 16.8 Å². The van der Waals surface area contributed by atoms with Crippen molar-refractivity contribution in [2.45, 2.75) is 18.5 Å². The van der Waals surface area contributed by atoms with Crippen LogP contribution in [-0.2, 0) is 0 Å². The lowest BCUT2D eigenvalue weighted by Crippen LogP contribution is -2.30. The van der Waals surface area contributed by atoms with Crippen LogP contribution in [0.3, 0.4) is 0 Å². The molecule has 2 rings (SSSR count). The Balaban J connectivity index is 2.26. The molecule has 1 amide bonds. The summed E-state index contributed by atoms with van der Waals surface area (Å²) in [6, 6.07) is 0.979. The van der Waals surface area contributed by atoms with Crippen molar-refractivity contribution in [3.8, 4) is 0 Å². The van der Waals surface area contributed by atoms with Gasteiger partial charge < -0.3 is 11.1 Å². The van der Waals surface area contributed by atoms with Crippen molar-refractivity contribution in [3.63, 3.8) is 0 Å². The molecule has 17 heavy (non-hydrogen) atoms. The molecule has 0 spiro atoms. The van der Waals surface area contributed by atoms with Crippen LogP contribution in [0, 0.1) is 10.1 Å². The Morgan fingerprint density at radius 3 is 2.88 bits per heavy atom. The maximum atomic E-state index is 11.8. The zero-order valence-corrected chi connectivity index (χ0v) is 9.35. The highest BCUT2D eigenvalue weighted by atomic mass is 35.5. The zero-order valence-electron chi connectivity index (χ0n) is 8.59. The Kier molecular flexibility index (Phi) is 2.95. The molecule has 0 bridgehead atoms. The summed E-state index contributed by atoms with van der Waals surface area (Å²) in [5.41, 5.74) is 5.06. The predicted molar refractivity (Wildman–Crippen MR) is 59.7 cm³/mol. The van der Waals surface area contributed by atoms with Crippen molar-refractivity contribution in [1.82, 2.24) is 10.3 Å². The van der Waals surface area contributed by atoms with E-state index in [4.69, 9.17) is 17.3 Å². The van der Waals surface area contributed by atoms with Crippen LogP contribution in [0.25, 0.3) is 0 Å². The molecule has 1 saturated carbocycles. The third kappa shape index (κ3) is 2.51. The van der Waals surface area contributed by atoms with Gasteiger partial charge in [0.25, 0.3) is 11.6 Å². The van der Waals surface area contributed by atoms with Crippen molar-refractivity contribution in [2.24, 2.45) is 5.73 Å². The summed E-state index contributed by atoms with van der Waals surface area (Å²) in [4.78, 5) is 25.4. The molecule has 1 aromatic rings. The Morgan fingerprint density at radius 2 is 2.35 bits per heavy atom. The molecule has 2 unspecified atom stereocenters. The summed E-state index contributed by atoms with van der Waals surface area (Å²) in [6.45, 7) is 0. The van der Waals surface area contributed by atoms with Crippen LogP contribution in [0.2, 0.25) is 5.15 Å². The number of halogens is 1. The van der Waals surface area contributed by atoms with E-state index in [1.807, 2.05) is 0 Å². The molecule has 1 heterocycles. The van der Waals surface area contributed by atoms with Crippen molar-refractivity contribution in [2.75, 3.05) is 0 Å². The maximum Gasteiger partial charge on any atom is 0.300 e. The molecule has 8 heteroatoms. The summed E-state index contributed by atoms with van der Waals surface area (Å²) in [5, 5.41) is 13.3. The lowest BCUT2D eigenvalue weighted by atomic mass is 10.2. The van der Waals surface area contributed by atoms with E-state index in [-0.39, 0.29) is 28.5 Å². The standard InChI is InChI=1S/C9H9ClN4O3/c10-8-1-4(7(3-12-8)14(16)17)9(15)13-6-2-5(6)11/h1,3,5-6H,2,11H2,(H,13,15). The van der Waals surface area contributed by atoms with Crippen molar-refractivity contribution in [1.29, 1.82) is 0 Å². The van der Waals surface area contributed by atoms with Crippen LogP contribution in [-0.4, -0.2) is 27.9 Å². The molecule has 7 nitrogen and oxygen atoms in total. The molecule has 0 radical (unpaired) electrons. The Morgan fingerprint density at radius 1 is 1.71 bits per heavy atom. The normalized spacial score (nSPS) is 22.0. The Labute approximate surface area is 101 Å². The first-order valence-corrected chi connectivity index (χ1v) is 5.23. The topological polar surface area (TPSA) is 111 Å². The number of aromatic nitrogens is 1. The van der Waals surface area contributed by atoms with Crippen molar-refractivity contribution >= 4 is 23.2 Å². The zero-order chi connectivity index (χ0) is 12.6. The van der Waals surface area contributed by atoms with Gasteiger partial charge in [0.2, 0.25) is 0 Å². The third-order valence-corrected chi connectivity index (χ3v) is 2.65. The van der Waals surface area contributed by atoms with E-state index < -0.39 is 10.8 Å². The molecule has 0 aromatic carbocycles. The molecule has 2 atom stereocenters. The van der Waals surface area contributed by atoms with Crippen LogP contribution >= 0.6 is 11.6 Å². The minimum atomic E-state index is -0.676. The molecule has 1 fully saturated rings. The van der Waals surface area contributed by atoms with Crippen LogP contribution in [0.4, 0.5) is 5.69 Å². The van der Waals surface area contributed by atoms with E-state index >= 15 is 0 Å². The van der Waals surface area contributed by atoms with Gasteiger partial charge in [0, 0.05) is 12.1 Å². The highest BCUT2D eigenvalue weighted by Gasteiger charge is 2.36. The predicted octanol–water partition coefficient (Wildman–Crippen LogP) is 0.473. The molecule has 3 N–H and O–H groups in total. The van der Waals surface area contributed by atoms with Crippen LogP contribution in [0.5, 0.6) is 0 Å². The average Bonchev–Trinajstić information content (AvgIpc) is 2.93. The first kappa shape index (κ1) is 11.7.